The molecule has 1 unspecified atom stereocenters. The largest absolute Gasteiger partial charge is 0.378 e. The third-order valence-corrected chi connectivity index (χ3v) is 9.44. The fraction of sp³-hybridized carbons (Fsp3) is 0.714. The van der Waals surface area contributed by atoms with E-state index < -0.39 is 10.0 Å². The summed E-state index contributed by atoms with van der Waals surface area (Å²) in [6, 6.07) is 6.52. The summed E-state index contributed by atoms with van der Waals surface area (Å²) in [6.45, 7) is 4.03. The van der Waals surface area contributed by atoms with Crippen molar-refractivity contribution in [1.82, 2.24) is 24.3 Å². The number of hydrogen-bond acceptors (Lipinski definition) is 6. The SMILES string of the molecule is Cn1ncc2cc(C3CCC(OCC4CN(CC(=O)N5CCCCC5)CC[C@@H]4NS(C)(=O)=O)CC3)ccc21. The molecule has 1 aromatic heterocycles. The molecular weight excluding hydrogens is 502 g/mol. The van der Waals surface area contributed by atoms with Gasteiger partial charge in [0.05, 0.1) is 37.2 Å². The van der Waals surface area contributed by atoms with Crippen molar-refractivity contribution in [3.63, 3.8) is 0 Å². The molecule has 5 rings (SSSR count). The van der Waals surface area contributed by atoms with Gasteiger partial charge in [0.25, 0.3) is 0 Å². The highest BCUT2D eigenvalue weighted by Gasteiger charge is 2.34. The first-order valence-electron chi connectivity index (χ1n) is 14.3. The van der Waals surface area contributed by atoms with Crippen molar-refractivity contribution >= 4 is 26.8 Å². The Labute approximate surface area is 226 Å². The van der Waals surface area contributed by atoms with E-state index in [4.69, 9.17) is 4.74 Å². The van der Waals surface area contributed by atoms with Crippen LogP contribution in [0.4, 0.5) is 0 Å². The van der Waals surface area contributed by atoms with Gasteiger partial charge in [-0.3, -0.25) is 14.4 Å². The van der Waals surface area contributed by atoms with Gasteiger partial charge in [-0.05, 0) is 75.0 Å². The second-order valence-electron chi connectivity index (χ2n) is 11.6. The normalized spacial score (nSPS) is 27.6. The summed E-state index contributed by atoms with van der Waals surface area (Å²) in [5, 5.41) is 5.55. The molecule has 1 N–H and O–H groups in total. The van der Waals surface area contributed by atoms with Crippen LogP contribution in [0.15, 0.2) is 24.4 Å². The van der Waals surface area contributed by atoms with Crippen molar-refractivity contribution in [2.45, 2.75) is 69.4 Å². The quantitative estimate of drug-likeness (QED) is 0.548. The molecule has 1 saturated carbocycles. The van der Waals surface area contributed by atoms with Crippen LogP contribution in [0.3, 0.4) is 0 Å². The van der Waals surface area contributed by atoms with Gasteiger partial charge in [0.2, 0.25) is 15.9 Å². The maximum absolute atomic E-state index is 12.8. The Bertz CT molecular complexity index is 1200. The highest BCUT2D eigenvalue weighted by atomic mass is 32.2. The van der Waals surface area contributed by atoms with Gasteiger partial charge in [0, 0.05) is 50.6 Å². The van der Waals surface area contributed by atoms with E-state index in [0.29, 0.717) is 32.0 Å². The van der Waals surface area contributed by atoms with Gasteiger partial charge in [0.1, 0.15) is 0 Å². The first-order valence-corrected chi connectivity index (χ1v) is 16.1. The van der Waals surface area contributed by atoms with Crippen LogP contribution in [-0.2, 0) is 26.6 Å². The van der Waals surface area contributed by atoms with E-state index in [2.05, 4.69) is 32.9 Å². The molecule has 3 aliphatic rings. The molecule has 210 valence electrons. The summed E-state index contributed by atoms with van der Waals surface area (Å²) in [5.74, 6) is 0.755. The van der Waals surface area contributed by atoms with Gasteiger partial charge < -0.3 is 9.64 Å². The predicted molar refractivity (Wildman–Crippen MR) is 148 cm³/mol. The summed E-state index contributed by atoms with van der Waals surface area (Å²) >= 11 is 0. The lowest BCUT2D eigenvalue weighted by molar-refractivity contribution is -0.134. The predicted octanol–water partition coefficient (Wildman–Crippen LogP) is 2.87. The molecule has 2 atom stereocenters. The molecule has 38 heavy (non-hydrogen) atoms. The molecule has 1 aliphatic carbocycles. The first kappa shape index (κ1) is 27.6. The highest BCUT2D eigenvalue weighted by molar-refractivity contribution is 7.88. The van der Waals surface area contributed by atoms with Crippen molar-refractivity contribution in [3.8, 4) is 0 Å². The lowest BCUT2D eigenvalue weighted by Crippen LogP contribution is -2.54. The molecular formula is C28H43N5O4S. The Morgan fingerprint density at radius 2 is 1.84 bits per heavy atom. The number of carbonyl (C=O) groups is 1. The number of likely N-dealkylation sites (tertiary alicyclic amines) is 2. The van der Waals surface area contributed by atoms with Crippen molar-refractivity contribution in [2.75, 3.05) is 45.6 Å². The summed E-state index contributed by atoms with van der Waals surface area (Å²) in [5.41, 5.74) is 2.53. The topological polar surface area (TPSA) is 96.8 Å². The van der Waals surface area contributed by atoms with Crippen LogP contribution < -0.4 is 4.72 Å². The maximum atomic E-state index is 12.8. The van der Waals surface area contributed by atoms with Crippen molar-refractivity contribution in [1.29, 1.82) is 0 Å². The van der Waals surface area contributed by atoms with E-state index >= 15 is 0 Å². The number of ether oxygens (including phenoxy) is 1. The third kappa shape index (κ3) is 6.94. The smallest absolute Gasteiger partial charge is 0.236 e. The Balaban J connectivity index is 1.14. The minimum Gasteiger partial charge on any atom is -0.378 e. The number of hydrogen-bond donors (Lipinski definition) is 1. The van der Waals surface area contributed by atoms with E-state index in [0.717, 1.165) is 63.7 Å². The van der Waals surface area contributed by atoms with Gasteiger partial charge in [-0.15, -0.1) is 0 Å². The molecule has 3 fully saturated rings. The van der Waals surface area contributed by atoms with Gasteiger partial charge in [-0.25, -0.2) is 13.1 Å². The summed E-state index contributed by atoms with van der Waals surface area (Å²) in [4.78, 5) is 17.0. The number of aryl methyl sites for hydroxylation is 1. The standard InChI is InChI=1S/C28H43N5O4S/c1-31-27-11-8-22(16-23(27)17-29-31)21-6-9-25(10-7-21)37-20-24-18-32(15-12-26(24)30-38(2,35)36)19-28(34)33-13-4-3-5-14-33/h8,11,16-17,21,24-26,30H,3-7,9-10,12-15,18-20H2,1-2H3/t21?,24?,25?,26-/m0/s1. The van der Waals surface area contributed by atoms with Gasteiger partial charge in [-0.1, -0.05) is 6.07 Å². The molecule has 1 amide bonds. The van der Waals surface area contributed by atoms with Crippen LogP contribution in [0.2, 0.25) is 0 Å². The average Bonchev–Trinajstić information content (AvgIpc) is 3.28. The van der Waals surface area contributed by atoms with Crippen LogP contribution in [0.1, 0.15) is 62.8 Å². The number of aromatic nitrogens is 2. The van der Waals surface area contributed by atoms with Crippen LogP contribution in [-0.4, -0.2) is 91.6 Å². The van der Waals surface area contributed by atoms with Crippen molar-refractivity contribution in [3.05, 3.63) is 30.0 Å². The molecule has 9 nitrogen and oxygen atoms in total. The summed E-state index contributed by atoms with van der Waals surface area (Å²) < 4.78 is 35.3. The molecule has 0 bridgehead atoms. The highest BCUT2D eigenvalue weighted by Crippen LogP contribution is 2.35. The minimum atomic E-state index is -3.31. The van der Waals surface area contributed by atoms with Crippen LogP contribution in [0, 0.1) is 5.92 Å². The zero-order valence-electron chi connectivity index (χ0n) is 22.8. The number of amides is 1. The van der Waals surface area contributed by atoms with Crippen molar-refractivity contribution < 1.29 is 17.9 Å². The number of carbonyl (C=O) groups excluding carboxylic acids is 1. The van der Waals surface area contributed by atoms with Gasteiger partial charge in [0.15, 0.2) is 0 Å². The zero-order chi connectivity index (χ0) is 26.7. The number of fused-ring (bicyclic) bond motifs is 1. The number of benzene rings is 1. The Morgan fingerprint density at radius 3 is 2.58 bits per heavy atom. The lowest BCUT2D eigenvalue weighted by atomic mass is 9.82. The number of rotatable bonds is 8. The number of piperidine rings is 2. The van der Waals surface area contributed by atoms with Crippen LogP contribution in [0.5, 0.6) is 0 Å². The molecule has 2 saturated heterocycles. The minimum absolute atomic E-state index is 0.0262. The number of sulfonamides is 1. The Kier molecular flexibility index (Phi) is 8.72. The Hall–Kier alpha value is -2.01. The van der Waals surface area contributed by atoms with E-state index in [-0.39, 0.29) is 24.0 Å². The molecule has 2 aliphatic heterocycles. The Morgan fingerprint density at radius 1 is 1.08 bits per heavy atom. The third-order valence-electron chi connectivity index (χ3n) is 8.71. The van der Waals surface area contributed by atoms with E-state index in [1.54, 1.807) is 0 Å². The zero-order valence-corrected chi connectivity index (χ0v) is 23.7. The second-order valence-corrected chi connectivity index (χ2v) is 13.4. The average molecular weight is 546 g/mol. The van der Waals surface area contributed by atoms with Gasteiger partial charge in [-0.2, -0.15) is 5.10 Å². The monoisotopic (exact) mass is 545 g/mol. The fourth-order valence-electron chi connectivity index (χ4n) is 6.54. The molecule has 2 aromatic rings. The van der Waals surface area contributed by atoms with Crippen LogP contribution >= 0.6 is 0 Å². The number of nitrogens with zero attached hydrogens (tertiary/aromatic N) is 4. The molecule has 1 aromatic carbocycles. The summed E-state index contributed by atoms with van der Waals surface area (Å²) in [6.07, 6.45) is 11.6. The lowest BCUT2D eigenvalue weighted by Gasteiger charge is -2.40. The van der Waals surface area contributed by atoms with E-state index in [1.807, 2.05) is 22.8 Å². The molecule has 3 heterocycles. The number of nitrogens with one attached hydrogen (secondary N) is 1. The molecule has 0 spiro atoms. The maximum Gasteiger partial charge on any atom is 0.236 e. The van der Waals surface area contributed by atoms with E-state index in [9.17, 15) is 13.2 Å². The first-order chi connectivity index (χ1) is 18.2. The summed E-state index contributed by atoms with van der Waals surface area (Å²) in [7, 11) is -1.34. The van der Waals surface area contributed by atoms with Crippen molar-refractivity contribution in [2.24, 2.45) is 13.0 Å². The van der Waals surface area contributed by atoms with Gasteiger partial charge >= 0.3 is 0 Å². The second kappa shape index (κ2) is 12.0. The van der Waals surface area contributed by atoms with Crippen LogP contribution in [0.25, 0.3) is 10.9 Å². The molecule has 10 heteroatoms. The van der Waals surface area contributed by atoms with E-state index in [1.165, 1.54) is 23.6 Å². The molecule has 0 radical (unpaired) electrons. The fourth-order valence-corrected chi connectivity index (χ4v) is 7.40.